The lowest BCUT2D eigenvalue weighted by molar-refractivity contribution is 0.0204. The van der Waals surface area contributed by atoms with Gasteiger partial charge in [0.25, 0.3) is 0 Å². The van der Waals surface area contributed by atoms with Crippen molar-refractivity contribution in [2.24, 2.45) is 5.92 Å². The first kappa shape index (κ1) is 41.2. The van der Waals surface area contributed by atoms with Crippen molar-refractivity contribution >= 4 is 34.6 Å². The number of aryl methyl sites for hydroxylation is 2. The molecule has 9 rings (SSSR count). The second kappa shape index (κ2) is 18.0. The van der Waals surface area contributed by atoms with Crippen LogP contribution < -0.4 is 20.4 Å². The van der Waals surface area contributed by atoms with Crippen molar-refractivity contribution in [2.75, 3.05) is 66.4 Å². The zero-order chi connectivity index (χ0) is 42.6. The van der Waals surface area contributed by atoms with Gasteiger partial charge in [-0.05, 0) is 99.0 Å². The summed E-state index contributed by atoms with van der Waals surface area (Å²) < 4.78 is 62.1. The summed E-state index contributed by atoms with van der Waals surface area (Å²) in [6, 6.07) is 22.0. The van der Waals surface area contributed by atoms with Crippen molar-refractivity contribution in [3.63, 3.8) is 0 Å². The summed E-state index contributed by atoms with van der Waals surface area (Å²) in [6.45, 7) is 12.7. The van der Waals surface area contributed by atoms with E-state index in [0.29, 0.717) is 36.3 Å². The summed E-state index contributed by atoms with van der Waals surface area (Å²) in [5, 5.41) is 23.7. The lowest BCUT2D eigenvalue weighted by atomic mass is 9.96. The van der Waals surface area contributed by atoms with E-state index < -0.39 is 23.3 Å². The Balaban J connectivity index is 0.000000171. The largest absolute Gasteiger partial charge is 0.379 e. The Kier molecular flexibility index (Phi) is 12.2. The summed E-state index contributed by atoms with van der Waals surface area (Å²) in [6.07, 6.45) is 4.54. The van der Waals surface area contributed by atoms with E-state index in [1.54, 1.807) is 0 Å². The molecule has 13 nitrogen and oxygen atoms in total. The van der Waals surface area contributed by atoms with Crippen molar-refractivity contribution in [3.05, 3.63) is 120 Å². The van der Waals surface area contributed by atoms with Crippen molar-refractivity contribution in [3.8, 4) is 17.4 Å². The van der Waals surface area contributed by atoms with E-state index >= 15 is 0 Å². The molecule has 0 radical (unpaired) electrons. The molecule has 2 aromatic heterocycles. The van der Waals surface area contributed by atoms with Crippen LogP contribution in [0.2, 0.25) is 0 Å². The van der Waals surface area contributed by atoms with Crippen LogP contribution in [0.25, 0.3) is 11.4 Å². The molecule has 4 aromatic carbocycles. The van der Waals surface area contributed by atoms with Gasteiger partial charge in [0.05, 0.1) is 30.7 Å². The van der Waals surface area contributed by atoms with Gasteiger partial charge in [-0.2, -0.15) is 15.2 Å². The molecule has 0 spiro atoms. The van der Waals surface area contributed by atoms with Crippen LogP contribution in [0.4, 0.5) is 52.2 Å². The number of nitrogens with one attached hydrogen (secondary N) is 2. The molecule has 3 aliphatic heterocycles. The first-order valence-electron chi connectivity index (χ1n) is 20.2. The van der Waals surface area contributed by atoms with E-state index in [0.717, 1.165) is 98.4 Å². The molecule has 2 unspecified atom stereocenters. The minimum Gasteiger partial charge on any atom is -0.379 e. The Morgan fingerprint density at radius 2 is 1.18 bits per heavy atom. The molecule has 0 saturated carbocycles. The van der Waals surface area contributed by atoms with Gasteiger partial charge in [-0.3, -0.25) is 4.90 Å². The highest BCUT2D eigenvalue weighted by molar-refractivity contribution is 5.66. The summed E-state index contributed by atoms with van der Waals surface area (Å²) in [4.78, 5) is 15.6. The molecule has 0 amide bonds. The van der Waals surface area contributed by atoms with Crippen molar-refractivity contribution in [1.82, 2.24) is 34.4 Å². The van der Waals surface area contributed by atoms with Gasteiger partial charge in [0.2, 0.25) is 11.9 Å². The van der Waals surface area contributed by atoms with E-state index in [2.05, 4.69) is 83.6 Å². The third-order valence-corrected chi connectivity index (χ3v) is 11.0. The van der Waals surface area contributed by atoms with Gasteiger partial charge in [0.1, 0.15) is 35.9 Å². The van der Waals surface area contributed by atoms with Gasteiger partial charge in [-0.25, -0.2) is 26.9 Å². The van der Waals surface area contributed by atoms with Crippen molar-refractivity contribution in [1.29, 1.82) is 5.26 Å². The lowest BCUT2D eigenvalue weighted by Gasteiger charge is -2.40. The van der Waals surface area contributed by atoms with Crippen molar-refractivity contribution in [2.45, 2.75) is 45.7 Å². The average Bonchev–Trinajstić information content (AvgIpc) is 3.96. The standard InChI is InChI=1S/C24H28F2N6O.C20H18F2N6/c1-16-7-20(28-24-27-15-32(29-24)22-11-18(25)10-19(26)12-22)13-21(8-16)31-14-23(9-17(31)2)30-3-5-33-6-4-30;1-13-4-17(9-18(5-13)27-10-14(11-27)2-3-23)25-20-24-12-28(26-20)19-7-15(21)6-16(22)8-19/h7-8,10-13,15,17,23H,3-6,9,14H2,1-2H3,(H,28,29);4-9,12,14H,2,10-11H2,1H3,(H,25,26). The number of nitriles is 1. The number of hydrogen-bond donors (Lipinski definition) is 2. The molecule has 17 heteroatoms. The normalized spacial score (nSPS) is 18.0. The predicted octanol–water partition coefficient (Wildman–Crippen LogP) is 7.84. The molecule has 6 aromatic rings. The summed E-state index contributed by atoms with van der Waals surface area (Å²) in [7, 11) is 0. The molecule has 316 valence electrons. The number of nitrogens with zero attached hydrogens (tertiary/aromatic N) is 10. The lowest BCUT2D eigenvalue weighted by Crippen LogP contribution is -2.46. The first-order chi connectivity index (χ1) is 29.4. The Hall–Kier alpha value is -6.51. The van der Waals surface area contributed by atoms with Crippen LogP contribution >= 0.6 is 0 Å². The van der Waals surface area contributed by atoms with Gasteiger partial charge in [0.15, 0.2) is 0 Å². The molecule has 5 heterocycles. The predicted molar refractivity (Wildman–Crippen MR) is 225 cm³/mol. The molecule has 0 aliphatic carbocycles. The molecule has 3 saturated heterocycles. The maximum atomic E-state index is 13.6. The number of aromatic nitrogens is 6. The highest BCUT2D eigenvalue weighted by Crippen LogP contribution is 2.33. The third-order valence-electron chi connectivity index (χ3n) is 11.0. The number of anilines is 6. The second-order valence-electron chi connectivity index (χ2n) is 15.8. The van der Waals surface area contributed by atoms with Gasteiger partial charge in [0, 0.05) is 92.0 Å². The minimum atomic E-state index is -0.674. The number of halogens is 4. The fourth-order valence-corrected chi connectivity index (χ4v) is 8.12. The summed E-state index contributed by atoms with van der Waals surface area (Å²) >= 11 is 0. The molecular weight excluding hydrogens is 789 g/mol. The van der Waals surface area contributed by atoms with E-state index in [9.17, 15) is 17.6 Å². The highest BCUT2D eigenvalue weighted by Gasteiger charge is 2.34. The maximum absolute atomic E-state index is 13.6. The van der Waals surface area contributed by atoms with E-state index in [4.69, 9.17) is 10.00 Å². The Morgan fingerprint density at radius 1 is 0.672 bits per heavy atom. The molecule has 0 bridgehead atoms. The van der Waals surface area contributed by atoms with Gasteiger partial charge in [-0.1, -0.05) is 0 Å². The van der Waals surface area contributed by atoms with Gasteiger partial charge in [-0.15, -0.1) is 10.2 Å². The van der Waals surface area contributed by atoms with Crippen LogP contribution in [0.5, 0.6) is 0 Å². The molecule has 61 heavy (non-hydrogen) atoms. The second-order valence-corrected chi connectivity index (χ2v) is 15.8. The SMILES string of the molecule is Cc1cc(Nc2ncn(-c3cc(F)cc(F)c3)n2)cc(N2CC(CC#N)C2)c1.Cc1cc(Nc2ncn(-c3cc(F)cc(F)c3)n2)cc(N2CC(N3CCOCC3)CC2C)c1. The molecular formula is C44H46F4N12O. The smallest absolute Gasteiger partial charge is 0.246 e. The van der Waals surface area contributed by atoms with Crippen LogP contribution in [-0.2, 0) is 4.74 Å². The fraction of sp³-hybridized carbons (Fsp3) is 0.341. The monoisotopic (exact) mass is 834 g/mol. The quantitative estimate of drug-likeness (QED) is 0.131. The highest BCUT2D eigenvalue weighted by atomic mass is 19.1. The van der Waals surface area contributed by atoms with Crippen LogP contribution in [0.15, 0.2) is 85.5 Å². The number of benzene rings is 4. The maximum Gasteiger partial charge on any atom is 0.246 e. The average molecular weight is 835 g/mol. The number of ether oxygens (including phenoxy) is 1. The summed E-state index contributed by atoms with van der Waals surface area (Å²) in [5.74, 6) is -1.56. The molecule has 2 N–H and O–H groups in total. The summed E-state index contributed by atoms with van der Waals surface area (Å²) in [5.41, 5.74) is 6.66. The van der Waals surface area contributed by atoms with E-state index in [1.165, 1.54) is 46.3 Å². The third kappa shape index (κ3) is 10.1. The minimum absolute atomic E-state index is 0.257. The molecule has 3 aliphatic rings. The van der Waals surface area contributed by atoms with Gasteiger partial charge < -0.3 is 25.2 Å². The number of hydrogen-bond acceptors (Lipinski definition) is 11. The molecule has 2 atom stereocenters. The first-order valence-corrected chi connectivity index (χ1v) is 20.2. The topological polar surface area (TPSA) is 128 Å². The zero-order valence-corrected chi connectivity index (χ0v) is 34.1. The van der Waals surface area contributed by atoms with Crippen molar-refractivity contribution < 1.29 is 22.3 Å². The number of rotatable bonds is 10. The molecule has 3 fully saturated rings. The van der Waals surface area contributed by atoms with Gasteiger partial charge >= 0.3 is 0 Å². The van der Waals surface area contributed by atoms with Crippen LogP contribution in [0.1, 0.15) is 30.9 Å². The Labute approximate surface area is 351 Å². The Bertz CT molecular complexity index is 2490. The fourth-order valence-electron chi connectivity index (χ4n) is 8.12. The van der Waals surface area contributed by atoms with E-state index in [-0.39, 0.29) is 11.4 Å². The zero-order valence-electron chi connectivity index (χ0n) is 34.1. The van der Waals surface area contributed by atoms with Crippen LogP contribution in [0.3, 0.4) is 0 Å². The Morgan fingerprint density at radius 3 is 1.70 bits per heavy atom. The number of morpholine rings is 1. The van der Waals surface area contributed by atoms with Crippen LogP contribution in [-0.4, -0.2) is 92.5 Å². The van der Waals surface area contributed by atoms with E-state index in [1.807, 2.05) is 25.1 Å². The van der Waals surface area contributed by atoms with Crippen LogP contribution in [0, 0.1) is 54.4 Å².